The van der Waals surface area contributed by atoms with Gasteiger partial charge in [0, 0.05) is 17.5 Å². The number of carbonyl (C=O) groups is 2. The van der Waals surface area contributed by atoms with Crippen molar-refractivity contribution in [3.63, 3.8) is 0 Å². The maximum Gasteiger partial charge on any atom is 0.336 e. The maximum absolute atomic E-state index is 12.3. The van der Waals surface area contributed by atoms with Gasteiger partial charge >= 0.3 is 11.6 Å². The van der Waals surface area contributed by atoms with Gasteiger partial charge in [-0.25, -0.2) is 4.79 Å². The molecule has 6 heteroatoms. The van der Waals surface area contributed by atoms with E-state index >= 15 is 0 Å². The number of hydrogen-bond donors (Lipinski definition) is 1. The Hall–Kier alpha value is -3.41. The summed E-state index contributed by atoms with van der Waals surface area (Å²) in [5, 5.41) is 11.0. The van der Waals surface area contributed by atoms with Crippen LogP contribution in [0.5, 0.6) is 11.5 Å². The Balaban J connectivity index is 2.20. The van der Waals surface area contributed by atoms with Gasteiger partial charge in [-0.15, -0.1) is 0 Å². The number of fused-ring (bicyclic) bond motifs is 3. The van der Waals surface area contributed by atoms with E-state index in [-0.39, 0.29) is 34.5 Å². The van der Waals surface area contributed by atoms with E-state index in [1.807, 2.05) is 30.3 Å². The second-order valence-electron chi connectivity index (χ2n) is 6.62. The molecule has 0 bridgehead atoms. The molecular formula is C21H16O6. The first-order valence-corrected chi connectivity index (χ1v) is 8.48. The fourth-order valence-corrected chi connectivity index (χ4v) is 3.71. The normalized spacial score (nSPS) is 16.1. The Morgan fingerprint density at radius 1 is 1.19 bits per heavy atom. The number of hydrogen-bond acceptors (Lipinski definition) is 6. The van der Waals surface area contributed by atoms with E-state index in [0.29, 0.717) is 11.1 Å². The summed E-state index contributed by atoms with van der Waals surface area (Å²) in [7, 11) is 0. The van der Waals surface area contributed by atoms with Gasteiger partial charge in [-0.05, 0) is 25.0 Å². The van der Waals surface area contributed by atoms with Crippen LogP contribution >= 0.6 is 0 Å². The molecule has 27 heavy (non-hydrogen) atoms. The minimum absolute atomic E-state index is 0.0336. The summed E-state index contributed by atoms with van der Waals surface area (Å²) >= 11 is 0. The zero-order chi connectivity index (χ0) is 19.3. The minimum Gasteiger partial charge on any atom is -0.506 e. The third kappa shape index (κ3) is 2.61. The van der Waals surface area contributed by atoms with Crippen LogP contribution in [0, 0.1) is 6.92 Å². The van der Waals surface area contributed by atoms with E-state index in [1.165, 1.54) is 13.0 Å². The average Bonchev–Trinajstić information content (AvgIpc) is 2.60. The van der Waals surface area contributed by atoms with E-state index < -0.39 is 23.3 Å². The van der Waals surface area contributed by atoms with Gasteiger partial charge in [0.1, 0.15) is 16.9 Å². The van der Waals surface area contributed by atoms with Gasteiger partial charge in [0.2, 0.25) is 0 Å². The Labute approximate surface area is 154 Å². The summed E-state index contributed by atoms with van der Waals surface area (Å²) in [6, 6.07) is 10.5. The molecule has 2 heterocycles. The zero-order valence-electron chi connectivity index (χ0n) is 14.7. The summed E-state index contributed by atoms with van der Waals surface area (Å²) in [4.78, 5) is 36.5. The fourth-order valence-electron chi connectivity index (χ4n) is 3.71. The number of ether oxygens (including phenoxy) is 1. The van der Waals surface area contributed by atoms with Crippen LogP contribution in [-0.4, -0.2) is 16.9 Å². The average molecular weight is 364 g/mol. The molecule has 0 saturated carbocycles. The van der Waals surface area contributed by atoms with Crippen LogP contribution in [0.4, 0.5) is 0 Å². The lowest BCUT2D eigenvalue weighted by molar-refractivity contribution is -0.135. The second-order valence-corrected chi connectivity index (χ2v) is 6.62. The number of ketones is 1. The molecule has 1 aromatic heterocycles. The Bertz CT molecular complexity index is 1160. The molecule has 1 atom stereocenters. The highest BCUT2D eigenvalue weighted by atomic mass is 16.5. The predicted molar refractivity (Wildman–Crippen MR) is 97.4 cm³/mol. The lowest BCUT2D eigenvalue weighted by atomic mass is 9.83. The highest BCUT2D eigenvalue weighted by molar-refractivity contribution is 6.09. The van der Waals surface area contributed by atoms with Crippen molar-refractivity contribution < 1.29 is 23.8 Å². The Morgan fingerprint density at radius 2 is 1.89 bits per heavy atom. The summed E-state index contributed by atoms with van der Waals surface area (Å²) in [5.41, 5.74) is 1.21. The molecule has 0 amide bonds. The number of rotatable bonds is 2. The quantitative estimate of drug-likeness (QED) is 0.324. The molecule has 2 aromatic carbocycles. The SMILES string of the molecule is CC(=O)c1c2c(c3oc(=O)cc(C)c3c1O)[C@H](c1ccccc1)CC(=O)O2. The fraction of sp³-hybridized carbons (Fsp3) is 0.190. The Kier molecular flexibility index (Phi) is 3.84. The lowest BCUT2D eigenvalue weighted by Gasteiger charge is -2.27. The molecule has 1 aliphatic heterocycles. The van der Waals surface area contributed by atoms with Gasteiger partial charge in [0.05, 0.1) is 11.8 Å². The largest absolute Gasteiger partial charge is 0.506 e. The molecule has 0 unspecified atom stereocenters. The van der Waals surface area contributed by atoms with E-state index in [0.717, 1.165) is 5.56 Å². The van der Waals surface area contributed by atoms with E-state index in [2.05, 4.69) is 0 Å². The van der Waals surface area contributed by atoms with E-state index in [4.69, 9.17) is 9.15 Å². The molecule has 0 aliphatic carbocycles. The highest BCUT2D eigenvalue weighted by Gasteiger charge is 2.37. The molecule has 0 radical (unpaired) electrons. The van der Waals surface area contributed by atoms with Crippen molar-refractivity contribution >= 4 is 22.7 Å². The van der Waals surface area contributed by atoms with Gasteiger partial charge in [-0.3, -0.25) is 9.59 Å². The van der Waals surface area contributed by atoms with E-state index in [1.54, 1.807) is 6.92 Å². The van der Waals surface area contributed by atoms with Crippen molar-refractivity contribution in [1.82, 2.24) is 0 Å². The standard InChI is InChI=1S/C21H16O6/c1-10-8-14(23)26-20-16(10)19(25)17(11(2)22)21-18(20)13(9-15(24)27-21)12-6-4-3-5-7-12/h3-8,13,25H,9H2,1-2H3/t13-/m0/s1. The number of carbonyl (C=O) groups excluding carboxylic acids is 2. The van der Waals surface area contributed by atoms with Crippen molar-refractivity contribution in [2.75, 3.05) is 0 Å². The Morgan fingerprint density at radius 3 is 2.56 bits per heavy atom. The van der Waals surface area contributed by atoms with Crippen molar-refractivity contribution in [3.05, 3.63) is 69.1 Å². The number of aryl methyl sites for hydroxylation is 1. The first-order chi connectivity index (χ1) is 12.9. The zero-order valence-corrected chi connectivity index (χ0v) is 14.7. The number of benzene rings is 2. The maximum atomic E-state index is 12.3. The van der Waals surface area contributed by atoms with Crippen molar-refractivity contribution in [2.45, 2.75) is 26.2 Å². The van der Waals surface area contributed by atoms with Crippen LogP contribution in [0.3, 0.4) is 0 Å². The molecule has 1 N–H and O–H groups in total. The smallest absolute Gasteiger partial charge is 0.336 e. The van der Waals surface area contributed by atoms with Crippen LogP contribution in [0.25, 0.3) is 11.0 Å². The molecule has 6 nitrogen and oxygen atoms in total. The molecule has 0 spiro atoms. The third-order valence-electron chi connectivity index (χ3n) is 4.84. The van der Waals surface area contributed by atoms with Crippen LogP contribution < -0.4 is 10.4 Å². The number of Topliss-reactive ketones (excluding diaryl/α,β-unsaturated/α-hetero) is 1. The molecule has 136 valence electrons. The van der Waals surface area contributed by atoms with Gasteiger partial charge in [0.25, 0.3) is 0 Å². The first kappa shape index (κ1) is 17.0. The highest BCUT2D eigenvalue weighted by Crippen LogP contribution is 2.49. The summed E-state index contributed by atoms with van der Waals surface area (Å²) in [5.74, 6) is -1.82. The van der Waals surface area contributed by atoms with E-state index in [9.17, 15) is 19.5 Å². The van der Waals surface area contributed by atoms with Gasteiger partial charge < -0.3 is 14.3 Å². The number of esters is 1. The number of aromatic hydroxyl groups is 1. The monoisotopic (exact) mass is 364 g/mol. The molecular weight excluding hydrogens is 348 g/mol. The third-order valence-corrected chi connectivity index (χ3v) is 4.84. The van der Waals surface area contributed by atoms with Crippen molar-refractivity contribution in [3.8, 4) is 11.5 Å². The molecule has 0 saturated heterocycles. The lowest BCUT2D eigenvalue weighted by Crippen LogP contribution is -2.23. The summed E-state index contributed by atoms with van der Waals surface area (Å²) in [6.45, 7) is 2.94. The summed E-state index contributed by atoms with van der Waals surface area (Å²) in [6.07, 6.45) is 0.0336. The van der Waals surface area contributed by atoms with Crippen molar-refractivity contribution in [1.29, 1.82) is 0 Å². The van der Waals surface area contributed by atoms with Gasteiger partial charge in [-0.1, -0.05) is 30.3 Å². The molecule has 4 rings (SSSR count). The van der Waals surface area contributed by atoms with Crippen molar-refractivity contribution in [2.24, 2.45) is 0 Å². The number of phenolic OH excluding ortho intramolecular Hbond substituents is 1. The molecule has 1 aliphatic rings. The first-order valence-electron chi connectivity index (χ1n) is 8.48. The summed E-state index contributed by atoms with van der Waals surface area (Å²) < 4.78 is 10.8. The van der Waals surface area contributed by atoms with Crippen LogP contribution in [0.2, 0.25) is 0 Å². The van der Waals surface area contributed by atoms with Crippen LogP contribution in [0.1, 0.15) is 46.3 Å². The predicted octanol–water partition coefficient (Wildman–Crippen LogP) is 3.45. The number of phenols is 1. The van der Waals surface area contributed by atoms with Gasteiger partial charge in [-0.2, -0.15) is 0 Å². The second kappa shape index (κ2) is 6.09. The van der Waals surface area contributed by atoms with Crippen LogP contribution in [-0.2, 0) is 4.79 Å². The topological polar surface area (TPSA) is 93.8 Å². The molecule has 3 aromatic rings. The molecule has 0 fully saturated rings. The minimum atomic E-state index is -0.583. The van der Waals surface area contributed by atoms with Gasteiger partial charge in [0.15, 0.2) is 11.5 Å². The van der Waals surface area contributed by atoms with Crippen LogP contribution in [0.15, 0.2) is 45.6 Å².